The summed E-state index contributed by atoms with van der Waals surface area (Å²) in [7, 11) is 0. The lowest BCUT2D eigenvalue weighted by atomic mass is 10.3. The van der Waals surface area contributed by atoms with Crippen LogP contribution in [0.25, 0.3) is 16.8 Å². The average molecular weight is 200 g/mol. The average Bonchev–Trinajstić information content (AvgIpc) is 2.61. The summed E-state index contributed by atoms with van der Waals surface area (Å²) in [5.41, 5.74) is 1.44. The maximum atomic E-state index is 11.7. The van der Waals surface area contributed by atoms with Gasteiger partial charge in [-0.3, -0.25) is 14.2 Å². The van der Waals surface area contributed by atoms with Crippen molar-refractivity contribution >= 4 is 16.8 Å². The van der Waals surface area contributed by atoms with Crippen LogP contribution in [0.15, 0.2) is 29.3 Å². The number of fused-ring (bicyclic) bond motifs is 3. The predicted octanol–water partition coefficient (Wildman–Crippen LogP) is 0.879. The highest BCUT2D eigenvalue weighted by atomic mass is 16.1. The number of H-pyrrole nitrogens is 1. The first-order chi connectivity index (χ1) is 7.27. The highest BCUT2D eigenvalue weighted by Gasteiger charge is 2.07. The summed E-state index contributed by atoms with van der Waals surface area (Å²) in [4.78, 5) is 22.7. The van der Waals surface area contributed by atoms with Gasteiger partial charge in [-0.1, -0.05) is 0 Å². The number of hydrogen-bond donors (Lipinski definition) is 1. The Balaban J connectivity index is 2.74. The van der Waals surface area contributed by atoms with Crippen LogP contribution < -0.4 is 5.56 Å². The summed E-state index contributed by atoms with van der Waals surface area (Å²) >= 11 is 0. The maximum Gasteiger partial charge on any atom is 0.261 e. The van der Waals surface area contributed by atoms with E-state index in [9.17, 15) is 4.79 Å². The van der Waals surface area contributed by atoms with E-state index < -0.39 is 0 Å². The lowest BCUT2D eigenvalue weighted by Gasteiger charge is -2.00. The number of aromatic amines is 1. The van der Waals surface area contributed by atoms with Gasteiger partial charge in [0.15, 0.2) is 5.65 Å². The molecule has 74 valence electrons. The Morgan fingerprint density at radius 2 is 2.27 bits per heavy atom. The summed E-state index contributed by atoms with van der Waals surface area (Å²) in [6.45, 7) is 1.92. The zero-order valence-corrected chi connectivity index (χ0v) is 8.06. The number of pyridine rings is 1. The smallest absolute Gasteiger partial charge is 0.261 e. The molecule has 5 nitrogen and oxygen atoms in total. The third kappa shape index (κ3) is 0.999. The molecule has 1 N–H and O–H groups in total. The first-order valence-corrected chi connectivity index (χ1v) is 4.58. The second-order valence-electron chi connectivity index (χ2n) is 3.39. The van der Waals surface area contributed by atoms with E-state index in [2.05, 4.69) is 15.0 Å². The Morgan fingerprint density at radius 3 is 3.13 bits per heavy atom. The molecular weight excluding hydrogens is 192 g/mol. The number of rotatable bonds is 0. The normalized spacial score (nSPS) is 11.3. The Morgan fingerprint density at radius 1 is 1.40 bits per heavy atom. The molecule has 0 aliphatic rings. The first kappa shape index (κ1) is 8.16. The quantitative estimate of drug-likeness (QED) is 0.586. The fraction of sp³-hybridized carbons (Fsp3) is 0.100. The molecule has 0 unspecified atom stereocenters. The van der Waals surface area contributed by atoms with Crippen molar-refractivity contribution in [2.75, 3.05) is 0 Å². The van der Waals surface area contributed by atoms with E-state index in [0.29, 0.717) is 16.8 Å². The van der Waals surface area contributed by atoms with E-state index in [1.807, 2.05) is 11.3 Å². The number of imidazole rings is 1. The van der Waals surface area contributed by atoms with E-state index in [1.54, 1.807) is 24.5 Å². The van der Waals surface area contributed by atoms with Crippen LogP contribution >= 0.6 is 0 Å². The van der Waals surface area contributed by atoms with Crippen molar-refractivity contribution in [2.24, 2.45) is 0 Å². The van der Waals surface area contributed by atoms with Crippen molar-refractivity contribution in [1.82, 2.24) is 19.4 Å². The standard InChI is InChI=1S/C10H8N4O/c1-6-5-12-10-13-9(15)7-3-2-4-11-8(7)14(6)10/h2-5H,1H3,(H,12,13,15). The Kier molecular flexibility index (Phi) is 1.45. The molecule has 15 heavy (non-hydrogen) atoms. The van der Waals surface area contributed by atoms with E-state index in [4.69, 9.17) is 0 Å². The van der Waals surface area contributed by atoms with Crippen LogP contribution in [-0.2, 0) is 0 Å². The summed E-state index contributed by atoms with van der Waals surface area (Å²) in [6, 6.07) is 3.50. The first-order valence-electron chi connectivity index (χ1n) is 4.58. The molecule has 3 aromatic rings. The van der Waals surface area contributed by atoms with Crippen molar-refractivity contribution in [1.29, 1.82) is 0 Å². The summed E-state index contributed by atoms with van der Waals surface area (Å²) < 4.78 is 1.83. The van der Waals surface area contributed by atoms with Crippen LogP contribution in [-0.4, -0.2) is 19.4 Å². The van der Waals surface area contributed by atoms with Gasteiger partial charge in [0.1, 0.15) is 0 Å². The molecule has 0 amide bonds. The zero-order valence-electron chi connectivity index (χ0n) is 8.06. The molecule has 0 aliphatic carbocycles. The zero-order chi connectivity index (χ0) is 10.4. The van der Waals surface area contributed by atoms with Crippen LogP contribution in [0.1, 0.15) is 5.69 Å². The molecule has 3 rings (SSSR count). The van der Waals surface area contributed by atoms with Gasteiger partial charge >= 0.3 is 0 Å². The van der Waals surface area contributed by atoms with Crippen LogP contribution in [0.2, 0.25) is 0 Å². The van der Waals surface area contributed by atoms with Gasteiger partial charge < -0.3 is 0 Å². The van der Waals surface area contributed by atoms with Gasteiger partial charge in [-0.15, -0.1) is 0 Å². The SMILES string of the molecule is Cc1cnc2[nH]c(=O)c3cccnc3n12. The van der Waals surface area contributed by atoms with Gasteiger partial charge in [0, 0.05) is 11.9 Å². The molecule has 5 heteroatoms. The van der Waals surface area contributed by atoms with Crippen LogP contribution in [0.4, 0.5) is 0 Å². The van der Waals surface area contributed by atoms with Crippen LogP contribution in [0, 0.1) is 6.92 Å². The largest absolute Gasteiger partial charge is 0.291 e. The highest BCUT2D eigenvalue weighted by Crippen LogP contribution is 2.10. The topological polar surface area (TPSA) is 63.0 Å². The minimum absolute atomic E-state index is 0.156. The Labute approximate surface area is 84.4 Å². The van der Waals surface area contributed by atoms with Crippen molar-refractivity contribution in [2.45, 2.75) is 6.92 Å². The lowest BCUT2D eigenvalue weighted by Crippen LogP contribution is -2.11. The van der Waals surface area contributed by atoms with Crippen molar-refractivity contribution < 1.29 is 0 Å². The van der Waals surface area contributed by atoms with Gasteiger partial charge in [-0.2, -0.15) is 0 Å². The van der Waals surface area contributed by atoms with Crippen LogP contribution in [0.3, 0.4) is 0 Å². The fourth-order valence-corrected chi connectivity index (χ4v) is 1.71. The summed E-state index contributed by atoms with van der Waals surface area (Å²) in [6.07, 6.45) is 3.38. The van der Waals surface area contributed by atoms with Crippen LogP contribution in [0.5, 0.6) is 0 Å². The molecule has 0 saturated carbocycles. The van der Waals surface area contributed by atoms with Gasteiger partial charge in [-0.05, 0) is 19.1 Å². The van der Waals surface area contributed by atoms with Gasteiger partial charge in [0.2, 0.25) is 5.78 Å². The minimum atomic E-state index is -0.156. The minimum Gasteiger partial charge on any atom is -0.291 e. The predicted molar refractivity (Wildman–Crippen MR) is 55.9 cm³/mol. The molecule has 3 heterocycles. The van der Waals surface area contributed by atoms with Gasteiger partial charge in [-0.25, -0.2) is 9.97 Å². The molecule has 0 atom stereocenters. The van der Waals surface area contributed by atoms with Crippen molar-refractivity contribution in [3.8, 4) is 0 Å². The number of aromatic nitrogens is 4. The van der Waals surface area contributed by atoms with E-state index in [1.165, 1.54) is 0 Å². The maximum absolute atomic E-state index is 11.7. The summed E-state index contributed by atoms with van der Waals surface area (Å²) in [5.74, 6) is 0.531. The molecule has 0 bridgehead atoms. The number of nitrogens with one attached hydrogen (secondary N) is 1. The molecule has 0 spiro atoms. The summed E-state index contributed by atoms with van der Waals surface area (Å²) in [5, 5.41) is 0.575. The Bertz CT molecular complexity index is 710. The molecule has 3 aromatic heterocycles. The van der Waals surface area contributed by atoms with E-state index in [-0.39, 0.29) is 5.56 Å². The number of nitrogens with zero attached hydrogens (tertiary/aromatic N) is 3. The lowest BCUT2D eigenvalue weighted by molar-refractivity contribution is 1.07. The monoisotopic (exact) mass is 200 g/mol. The Hall–Kier alpha value is -2.17. The number of aryl methyl sites for hydroxylation is 1. The second-order valence-corrected chi connectivity index (χ2v) is 3.39. The molecule has 0 fully saturated rings. The van der Waals surface area contributed by atoms with E-state index >= 15 is 0 Å². The fourth-order valence-electron chi connectivity index (χ4n) is 1.71. The molecule has 0 aliphatic heterocycles. The van der Waals surface area contributed by atoms with Gasteiger partial charge in [0.05, 0.1) is 11.6 Å². The molecular formula is C10H8N4O. The molecule has 0 aromatic carbocycles. The third-order valence-corrected chi connectivity index (χ3v) is 2.41. The second kappa shape index (κ2) is 2.66. The highest BCUT2D eigenvalue weighted by molar-refractivity contribution is 5.76. The van der Waals surface area contributed by atoms with Gasteiger partial charge in [0.25, 0.3) is 5.56 Å². The molecule has 0 saturated heterocycles. The van der Waals surface area contributed by atoms with E-state index in [0.717, 1.165) is 5.69 Å². The third-order valence-electron chi connectivity index (χ3n) is 2.41. The van der Waals surface area contributed by atoms with Crippen molar-refractivity contribution in [3.63, 3.8) is 0 Å². The molecule has 0 radical (unpaired) electrons. The number of hydrogen-bond acceptors (Lipinski definition) is 3. The van der Waals surface area contributed by atoms with Crippen molar-refractivity contribution in [3.05, 3.63) is 40.6 Å².